The Morgan fingerprint density at radius 1 is 0.531 bits per heavy atom. The first-order valence-electron chi connectivity index (χ1n) is 18.0. The van der Waals surface area contributed by atoms with Gasteiger partial charge in [-0.2, -0.15) is 0 Å². The van der Waals surface area contributed by atoms with Crippen molar-refractivity contribution in [1.29, 1.82) is 0 Å². The molecule has 49 heavy (non-hydrogen) atoms. The minimum atomic E-state index is 0.0597. The molecule has 0 unspecified atom stereocenters. The number of hydrogen-bond donors (Lipinski definition) is 0. The molecule has 4 fully saturated rings. The third kappa shape index (κ3) is 3.96. The van der Waals surface area contributed by atoms with Crippen molar-refractivity contribution in [2.75, 3.05) is 4.90 Å². The number of benzene rings is 6. The molecule has 5 aliphatic carbocycles. The molecule has 0 amide bonds. The van der Waals surface area contributed by atoms with Crippen molar-refractivity contribution in [1.82, 2.24) is 0 Å². The topological polar surface area (TPSA) is 16.4 Å². The van der Waals surface area contributed by atoms with Gasteiger partial charge >= 0.3 is 0 Å². The Kier molecular flexibility index (Phi) is 5.94. The van der Waals surface area contributed by atoms with E-state index in [9.17, 15) is 0 Å². The predicted octanol–water partition coefficient (Wildman–Crippen LogP) is 13.1. The number of hydrogen-bond acceptors (Lipinski definition) is 2. The van der Waals surface area contributed by atoms with E-state index in [0.29, 0.717) is 11.8 Å². The van der Waals surface area contributed by atoms with Gasteiger partial charge in [0.1, 0.15) is 11.2 Å². The molecule has 0 saturated heterocycles. The Balaban J connectivity index is 1.13. The molecule has 1 heterocycles. The lowest BCUT2D eigenvalue weighted by Gasteiger charge is -2.61. The van der Waals surface area contributed by atoms with Crippen molar-refractivity contribution in [2.45, 2.75) is 37.5 Å². The van der Waals surface area contributed by atoms with E-state index in [4.69, 9.17) is 16.0 Å². The normalized spacial score (nSPS) is 24.5. The summed E-state index contributed by atoms with van der Waals surface area (Å²) in [4.78, 5) is 2.36. The molecule has 4 bridgehead atoms. The van der Waals surface area contributed by atoms with Crippen molar-refractivity contribution in [3.8, 4) is 22.3 Å². The van der Waals surface area contributed by atoms with Crippen LogP contribution in [-0.4, -0.2) is 0 Å². The highest BCUT2D eigenvalue weighted by atomic mass is 35.5. The monoisotopic (exact) mass is 653 g/mol. The number of fused-ring (bicyclic) bond motifs is 6. The Morgan fingerprint density at radius 2 is 1.18 bits per heavy atom. The van der Waals surface area contributed by atoms with E-state index in [0.717, 1.165) is 55.9 Å². The first kappa shape index (κ1) is 28.1. The molecule has 0 N–H and O–H groups in total. The fourth-order valence-corrected chi connectivity index (χ4v) is 11.3. The fourth-order valence-electron chi connectivity index (χ4n) is 11.0. The molecule has 238 valence electrons. The molecule has 6 aromatic carbocycles. The van der Waals surface area contributed by atoms with Crippen LogP contribution < -0.4 is 4.90 Å². The average molecular weight is 654 g/mol. The average Bonchev–Trinajstić information content (AvgIpc) is 3.64. The minimum Gasteiger partial charge on any atom is -0.456 e. The summed E-state index contributed by atoms with van der Waals surface area (Å²) in [5.41, 5.74) is 13.2. The zero-order valence-electron chi connectivity index (χ0n) is 27.3. The third-order valence-electron chi connectivity index (χ3n) is 12.7. The van der Waals surface area contributed by atoms with Gasteiger partial charge in [-0.05, 0) is 132 Å². The third-order valence-corrected chi connectivity index (χ3v) is 13.0. The largest absolute Gasteiger partial charge is 0.456 e. The summed E-state index contributed by atoms with van der Waals surface area (Å²) in [6.45, 7) is 0. The summed E-state index contributed by atoms with van der Waals surface area (Å²) >= 11 is 7.49. The lowest BCUT2D eigenvalue weighted by Crippen LogP contribution is -2.55. The number of halogens is 1. The Bertz CT molecular complexity index is 2390. The van der Waals surface area contributed by atoms with Gasteiger partial charge in [-0.25, -0.2) is 0 Å². The molecule has 7 aromatic rings. The van der Waals surface area contributed by atoms with Gasteiger partial charge in [0, 0.05) is 33.6 Å². The van der Waals surface area contributed by atoms with Crippen molar-refractivity contribution in [3.05, 3.63) is 150 Å². The molecule has 5 aliphatic rings. The quantitative estimate of drug-likeness (QED) is 0.188. The summed E-state index contributed by atoms with van der Waals surface area (Å²) in [5, 5.41) is 3.04. The van der Waals surface area contributed by atoms with Gasteiger partial charge < -0.3 is 9.32 Å². The molecule has 2 nitrogen and oxygen atoms in total. The summed E-state index contributed by atoms with van der Waals surface area (Å²) in [6, 6.07) is 48.5. The highest BCUT2D eigenvalue weighted by Crippen LogP contribution is 2.70. The van der Waals surface area contributed by atoms with E-state index in [1.54, 1.807) is 5.56 Å². The molecule has 0 atom stereocenters. The summed E-state index contributed by atoms with van der Waals surface area (Å²) < 4.78 is 6.43. The highest BCUT2D eigenvalue weighted by molar-refractivity contribution is 6.34. The Morgan fingerprint density at radius 3 is 1.98 bits per heavy atom. The Labute approximate surface area is 292 Å². The second-order valence-corrected chi connectivity index (χ2v) is 15.5. The van der Waals surface area contributed by atoms with Crippen LogP contribution in [0.2, 0.25) is 5.02 Å². The van der Waals surface area contributed by atoms with Crippen LogP contribution in [0.3, 0.4) is 0 Å². The highest BCUT2D eigenvalue weighted by Gasteiger charge is 2.61. The first-order valence-corrected chi connectivity index (χ1v) is 18.3. The van der Waals surface area contributed by atoms with Crippen LogP contribution in [0.25, 0.3) is 44.2 Å². The molecule has 1 aromatic heterocycles. The fraction of sp³-hybridized carbons (Fsp3) is 0.217. The molecule has 4 saturated carbocycles. The van der Waals surface area contributed by atoms with Crippen LogP contribution in [-0.2, 0) is 5.41 Å². The number of furan rings is 1. The van der Waals surface area contributed by atoms with Gasteiger partial charge in [0.05, 0.1) is 10.7 Å². The van der Waals surface area contributed by atoms with Crippen molar-refractivity contribution >= 4 is 50.6 Å². The lowest BCUT2D eigenvalue weighted by molar-refractivity contribution is -0.0399. The number of para-hydroxylation sites is 1. The standard InChI is InChI=1S/C46H36ClNO/c47-42-26-39-36-10-4-6-12-40(36)46(32-21-28-20-29(23-32)24-33(46)22-28)41(39)27-43(42)48(34-16-14-31(15-17-34)30-8-2-1-3-9-30)35-18-19-38-37-11-5-7-13-44(37)49-45(38)25-35/h1-19,25-29,32-33H,20-24H2. The zero-order chi connectivity index (χ0) is 32.3. The lowest BCUT2D eigenvalue weighted by atomic mass is 9.43. The second kappa shape index (κ2) is 10.4. The van der Waals surface area contributed by atoms with Gasteiger partial charge in [0.25, 0.3) is 0 Å². The van der Waals surface area contributed by atoms with Gasteiger partial charge in [-0.3, -0.25) is 0 Å². The smallest absolute Gasteiger partial charge is 0.137 e. The number of anilines is 3. The minimum absolute atomic E-state index is 0.0597. The molecule has 12 rings (SSSR count). The van der Waals surface area contributed by atoms with Gasteiger partial charge in [0.2, 0.25) is 0 Å². The maximum Gasteiger partial charge on any atom is 0.137 e. The van der Waals surface area contributed by atoms with Gasteiger partial charge in [-0.1, -0.05) is 96.5 Å². The van der Waals surface area contributed by atoms with E-state index in [-0.39, 0.29) is 5.41 Å². The molecular weight excluding hydrogens is 618 g/mol. The molecule has 0 radical (unpaired) electrons. The summed E-state index contributed by atoms with van der Waals surface area (Å²) in [7, 11) is 0. The Hall–Kier alpha value is -4.79. The van der Waals surface area contributed by atoms with Crippen LogP contribution >= 0.6 is 11.6 Å². The van der Waals surface area contributed by atoms with Gasteiger partial charge in [0.15, 0.2) is 0 Å². The van der Waals surface area contributed by atoms with Crippen molar-refractivity contribution in [2.24, 2.45) is 23.7 Å². The van der Waals surface area contributed by atoms with E-state index >= 15 is 0 Å². The summed E-state index contributed by atoms with van der Waals surface area (Å²) in [6.07, 6.45) is 6.86. The first-order chi connectivity index (χ1) is 24.1. The number of nitrogens with zero attached hydrogens (tertiary/aromatic N) is 1. The van der Waals surface area contributed by atoms with E-state index in [1.807, 2.05) is 6.07 Å². The molecular formula is C46H36ClNO. The van der Waals surface area contributed by atoms with Crippen LogP contribution in [0, 0.1) is 23.7 Å². The maximum atomic E-state index is 7.49. The van der Waals surface area contributed by atoms with Crippen LogP contribution in [0.5, 0.6) is 0 Å². The molecule has 1 spiro atoms. The second-order valence-electron chi connectivity index (χ2n) is 15.1. The van der Waals surface area contributed by atoms with E-state index in [1.165, 1.54) is 59.9 Å². The van der Waals surface area contributed by atoms with Crippen LogP contribution in [0.15, 0.2) is 138 Å². The molecule has 0 aliphatic heterocycles. The van der Waals surface area contributed by atoms with Crippen molar-refractivity contribution < 1.29 is 4.42 Å². The van der Waals surface area contributed by atoms with Gasteiger partial charge in [-0.15, -0.1) is 0 Å². The van der Waals surface area contributed by atoms with Crippen LogP contribution in [0.1, 0.15) is 43.2 Å². The predicted molar refractivity (Wildman–Crippen MR) is 202 cm³/mol. The SMILES string of the molecule is Clc1cc2c(cc1N(c1ccc(-c3ccccc3)cc1)c1ccc3c(c1)oc1ccccc13)C1(c3ccccc3-2)C2CC3CC(C2)CC1C3. The molecule has 3 heteroatoms. The van der Waals surface area contributed by atoms with Crippen molar-refractivity contribution in [3.63, 3.8) is 0 Å². The van der Waals surface area contributed by atoms with E-state index < -0.39 is 0 Å². The maximum absolute atomic E-state index is 7.49. The zero-order valence-corrected chi connectivity index (χ0v) is 28.0. The van der Waals surface area contributed by atoms with E-state index in [2.05, 4.69) is 132 Å². The summed E-state index contributed by atoms with van der Waals surface area (Å²) in [5.74, 6) is 3.16. The number of rotatable bonds is 4. The van der Waals surface area contributed by atoms with Crippen LogP contribution in [0.4, 0.5) is 17.1 Å².